The van der Waals surface area contributed by atoms with Gasteiger partial charge in [0.05, 0.1) is 22.2 Å². The van der Waals surface area contributed by atoms with E-state index in [0.717, 1.165) is 21.2 Å². The molecule has 35 heavy (non-hydrogen) atoms. The Morgan fingerprint density at radius 1 is 1.11 bits per heavy atom. The minimum Gasteiger partial charge on any atom is -0.496 e. The first-order valence-corrected chi connectivity index (χ1v) is 14.5. The van der Waals surface area contributed by atoms with Crippen LogP contribution in [0.15, 0.2) is 76.1 Å². The summed E-state index contributed by atoms with van der Waals surface area (Å²) in [6.07, 6.45) is 0. The summed E-state index contributed by atoms with van der Waals surface area (Å²) in [5, 5.41) is 3.54. The lowest BCUT2D eigenvalue weighted by Gasteiger charge is -2.24. The number of amides is 1. The van der Waals surface area contributed by atoms with Gasteiger partial charge in [-0.3, -0.25) is 9.10 Å². The van der Waals surface area contributed by atoms with Crippen molar-refractivity contribution in [2.24, 2.45) is 0 Å². The van der Waals surface area contributed by atoms with Gasteiger partial charge in [0.15, 0.2) is 0 Å². The molecule has 0 fully saturated rings. The number of aryl methyl sites for hydroxylation is 1. The quantitative estimate of drug-likeness (QED) is 0.289. The van der Waals surface area contributed by atoms with Gasteiger partial charge >= 0.3 is 0 Å². The molecule has 0 aliphatic rings. The van der Waals surface area contributed by atoms with Crippen molar-refractivity contribution in [1.29, 1.82) is 0 Å². The Kier molecular flexibility index (Phi) is 9.91. The Hall–Kier alpha value is -2.20. The predicted octanol–water partition coefficient (Wildman–Crippen LogP) is 5.66. The van der Waals surface area contributed by atoms with Crippen LogP contribution in [-0.4, -0.2) is 40.3 Å². The van der Waals surface area contributed by atoms with Crippen LogP contribution in [0.3, 0.4) is 0 Å². The van der Waals surface area contributed by atoms with Crippen molar-refractivity contribution in [3.05, 3.63) is 87.4 Å². The summed E-state index contributed by atoms with van der Waals surface area (Å²) in [5.41, 5.74) is 2.43. The molecule has 0 atom stereocenters. The standard InChI is InChI=1S/C25H26BrClN2O4S2/c1-18-7-9-20(10-8-18)29(35(31,32)21-11-12-24(33-2)22(26)15-21)16-25(30)28-13-14-34-17-19-5-3-4-6-23(19)27/h3-12,15H,13-14,16-17H2,1-2H3,(H,28,30). The van der Waals surface area contributed by atoms with Crippen LogP contribution < -0.4 is 14.4 Å². The minimum absolute atomic E-state index is 0.0499. The number of sulfonamides is 1. The SMILES string of the molecule is COc1ccc(S(=O)(=O)N(CC(=O)NCCSCc2ccccc2Cl)c2ccc(C)cc2)cc1Br. The average Bonchev–Trinajstić information content (AvgIpc) is 2.84. The second-order valence-electron chi connectivity index (χ2n) is 7.64. The second kappa shape index (κ2) is 12.7. The van der Waals surface area contributed by atoms with Crippen molar-refractivity contribution < 1.29 is 17.9 Å². The lowest BCUT2D eigenvalue weighted by Crippen LogP contribution is -2.41. The van der Waals surface area contributed by atoms with E-state index >= 15 is 0 Å². The maximum absolute atomic E-state index is 13.5. The Bertz CT molecular complexity index is 1270. The van der Waals surface area contributed by atoms with Crippen LogP contribution in [-0.2, 0) is 20.6 Å². The Morgan fingerprint density at radius 2 is 1.83 bits per heavy atom. The van der Waals surface area contributed by atoms with Gasteiger partial charge in [-0.25, -0.2) is 8.42 Å². The molecule has 0 aliphatic heterocycles. The monoisotopic (exact) mass is 596 g/mol. The molecule has 1 amide bonds. The molecule has 3 aromatic rings. The van der Waals surface area contributed by atoms with Gasteiger partial charge in [0, 0.05) is 23.1 Å². The first-order chi connectivity index (χ1) is 16.7. The molecule has 3 aromatic carbocycles. The Morgan fingerprint density at radius 3 is 2.49 bits per heavy atom. The normalized spacial score (nSPS) is 11.2. The number of hydrogen-bond donors (Lipinski definition) is 1. The second-order valence-corrected chi connectivity index (χ2v) is 11.9. The van der Waals surface area contributed by atoms with E-state index in [1.807, 2.05) is 43.3 Å². The zero-order chi connectivity index (χ0) is 25.4. The molecular formula is C25H26BrClN2O4S2. The highest BCUT2D eigenvalue weighted by atomic mass is 79.9. The predicted molar refractivity (Wildman–Crippen MR) is 147 cm³/mol. The van der Waals surface area contributed by atoms with E-state index in [2.05, 4.69) is 21.2 Å². The highest BCUT2D eigenvalue weighted by Crippen LogP contribution is 2.30. The van der Waals surface area contributed by atoms with Crippen LogP contribution in [0.4, 0.5) is 5.69 Å². The molecule has 0 bridgehead atoms. The third-order valence-electron chi connectivity index (χ3n) is 5.10. The van der Waals surface area contributed by atoms with Crippen molar-refractivity contribution in [2.45, 2.75) is 17.6 Å². The molecule has 0 spiro atoms. The van der Waals surface area contributed by atoms with E-state index < -0.39 is 10.0 Å². The van der Waals surface area contributed by atoms with E-state index in [4.69, 9.17) is 16.3 Å². The molecule has 6 nitrogen and oxygen atoms in total. The van der Waals surface area contributed by atoms with E-state index in [9.17, 15) is 13.2 Å². The molecule has 0 unspecified atom stereocenters. The molecule has 0 saturated heterocycles. The summed E-state index contributed by atoms with van der Waals surface area (Å²) in [5.74, 6) is 1.52. The molecule has 3 rings (SSSR count). The van der Waals surface area contributed by atoms with Gasteiger partial charge in [0.2, 0.25) is 5.91 Å². The molecule has 0 saturated carbocycles. The topological polar surface area (TPSA) is 75.7 Å². The Balaban J connectivity index is 1.69. The minimum atomic E-state index is -4.02. The number of hydrogen-bond acceptors (Lipinski definition) is 5. The highest BCUT2D eigenvalue weighted by Gasteiger charge is 2.28. The third kappa shape index (κ3) is 7.39. The third-order valence-corrected chi connectivity index (χ3v) is 8.87. The molecule has 0 aromatic heterocycles. The van der Waals surface area contributed by atoms with Crippen LogP contribution in [0.1, 0.15) is 11.1 Å². The molecule has 186 valence electrons. The first-order valence-electron chi connectivity index (χ1n) is 10.7. The van der Waals surface area contributed by atoms with Crippen LogP contribution in [0.25, 0.3) is 0 Å². The van der Waals surface area contributed by atoms with Crippen molar-refractivity contribution >= 4 is 60.9 Å². The zero-order valence-corrected chi connectivity index (χ0v) is 23.3. The van der Waals surface area contributed by atoms with Gasteiger partial charge in [-0.05, 0) is 64.8 Å². The van der Waals surface area contributed by atoms with Gasteiger partial charge in [-0.1, -0.05) is 47.5 Å². The number of anilines is 1. The Labute approximate surface area is 224 Å². The summed E-state index contributed by atoms with van der Waals surface area (Å²) in [6.45, 7) is 1.98. The lowest BCUT2D eigenvalue weighted by molar-refractivity contribution is -0.119. The summed E-state index contributed by atoms with van der Waals surface area (Å²) in [7, 11) is -2.51. The molecule has 0 aliphatic carbocycles. The number of thioether (sulfide) groups is 1. The van der Waals surface area contributed by atoms with Crippen molar-refractivity contribution in [3.8, 4) is 5.75 Å². The molecule has 0 heterocycles. The summed E-state index contributed by atoms with van der Waals surface area (Å²) >= 11 is 11.2. The number of nitrogens with zero attached hydrogens (tertiary/aromatic N) is 1. The molecule has 10 heteroatoms. The fourth-order valence-electron chi connectivity index (χ4n) is 3.21. The van der Waals surface area contributed by atoms with Crippen molar-refractivity contribution in [2.75, 3.05) is 30.3 Å². The highest BCUT2D eigenvalue weighted by molar-refractivity contribution is 9.10. The fraction of sp³-hybridized carbons (Fsp3) is 0.240. The zero-order valence-electron chi connectivity index (χ0n) is 19.3. The molecule has 1 N–H and O–H groups in total. The maximum atomic E-state index is 13.5. The van der Waals surface area contributed by atoms with Gasteiger partial charge in [-0.15, -0.1) is 0 Å². The summed E-state index contributed by atoms with van der Waals surface area (Å²) in [4.78, 5) is 12.8. The van der Waals surface area contributed by atoms with E-state index in [0.29, 0.717) is 33.2 Å². The smallest absolute Gasteiger partial charge is 0.264 e. The largest absolute Gasteiger partial charge is 0.496 e. The number of carbonyl (C=O) groups is 1. The number of methoxy groups -OCH3 is 1. The van der Waals surface area contributed by atoms with E-state index in [-0.39, 0.29) is 17.3 Å². The summed E-state index contributed by atoms with van der Waals surface area (Å²) < 4.78 is 33.9. The first kappa shape index (κ1) is 27.4. The lowest BCUT2D eigenvalue weighted by atomic mass is 10.2. The number of nitrogens with one attached hydrogen (secondary N) is 1. The van der Waals surface area contributed by atoms with Gasteiger partial charge < -0.3 is 10.1 Å². The average molecular weight is 598 g/mol. The van der Waals surface area contributed by atoms with Crippen LogP contribution in [0.2, 0.25) is 5.02 Å². The number of benzene rings is 3. The fourth-order valence-corrected chi connectivity index (χ4v) is 6.49. The molecule has 0 radical (unpaired) electrons. The van der Waals surface area contributed by atoms with E-state index in [1.165, 1.54) is 19.2 Å². The van der Waals surface area contributed by atoms with Gasteiger partial charge in [0.25, 0.3) is 10.0 Å². The van der Waals surface area contributed by atoms with Crippen LogP contribution in [0.5, 0.6) is 5.75 Å². The van der Waals surface area contributed by atoms with Gasteiger partial charge in [-0.2, -0.15) is 11.8 Å². The van der Waals surface area contributed by atoms with Crippen LogP contribution >= 0.6 is 39.3 Å². The number of halogens is 2. The van der Waals surface area contributed by atoms with Crippen molar-refractivity contribution in [3.63, 3.8) is 0 Å². The van der Waals surface area contributed by atoms with Crippen LogP contribution in [0, 0.1) is 6.92 Å². The summed E-state index contributed by atoms with van der Waals surface area (Å²) in [6, 6.07) is 19.1. The number of ether oxygens (including phenoxy) is 1. The van der Waals surface area contributed by atoms with Crippen molar-refractivity contribution in [1.82, 2.24) is 5.32 Å². The van der Waals surface area contributed by atoms with Gasteiger partial charge in [0.1, 0.15) is 12.3 Å². The van der Waals surface area contributed by atoms with E-state index in [1.54, 1.807) is 30.0 Å². The maximum Gasteiger partial charge on any atom is 0.264 e. The molecular weight excluding hydrogens is 572 g/mol. The number of carbonyl (C=O) groups excluding carboxylic acids is 1. The number of rotatable bonds is 11.